The lowest BCUT2D eigenvalue weighted by Gasteiger charge is -2.26. The zero-order valence-corrected chi connectivity index (χ0v) is 9.15. The van der Waals surface area contributed by atoms with Crippen molar-refractivity contribution in [3.63, 3.8) is 0 Å². The van der Waals surface area contributed by atoms with E-state index in [9.17, 15) is 17.6 Å². The molecule has 0 spiro atoms. The number of nitrogens with one attached hydrogen (secondary N) is 1. The van der Waals surface area contributed by atoms with Crippen molar-refractivity contribution in [3.8, 4) is 0 Å². The smallest absolute Gasteiger partial charge is 0.382 e. The van der Waals surface area contributed by atoms with Gasteiger partial charge in [-0.3, -0.25) is 0 Å². The van der Waals surface area contributed by atoms with Crippen LogP contribution in [0, 0.1) is 11.7 Å². The zero-order valence-electron chi connectivity index (χ0n) is 9.15. The van der Waals surface area contributed by atoms with Crippen LogP contribution in [0.4, 0.5) is 23.2 Å². The predicted molar refractivity (Wildman–Crippen MR) is 57.2 cm³/mol. The number of hydrogen-bond donors (Lipinski definition) is 1. The topological polar surface area (TPSA) is 12.0 Å². The summed E-state index contributed by atoms with van der Waals surface area (Å²) in [6.07, 6.45) is -1.15. The van der Waals surface area contributed by atoms with Crippen LogP contribution in [0.1, 0.15) is 24.8 Å². The third-order valence-corrected chi connectivity index (χ3v) is 3.10. The Hall–Kier alpha value is -1.26. The minimum absolute atomic E-state index is 0.0632. The van der Waals surface area contributed by atoms with Gasteiger partial charge in [-0.2, -0.15) is 13.2 Å². The third-order valence-electron chi connectivity index (χ3n) is 3.10. The lowest BCUT2D eigenvalue weighted by molar-refractivity contribution is -0.137. The molecule has 1 aromatic carbocycles. The monoisotopic (exact) mass is 247 g/mol. The number of hydrogen-bond acceptors (Lipinski definition) is 1. The molecule has 1 saturated carbocycles. The van der Waals surface area contributed by atoms with Gasteiger partial charge in [-0.25, -0.2) is 4.39 Å². The van der Waals surface area contributed by atoms with Gasteiger partial charge in [0.1, 0.15) is 5.82 Å². The van der Waals surface area contributed by atoms with E-state index in [4.69, 9.17) is 0 Å². The Morgan fingerprint density at radius 1 is 1.24 bits per heavy atom. The van der Waals surface area contributed by atoms with Crippen LogP contribution in [0.3, 0.4) is 0 Å². The van der Waals surface area contributed by atoms with Crippen molar-refractivity contribution in [2.24, 2.45) is 5.92 Å². The Kier molecular flexibility index (Phi) is 3.26. The molecule has 2 rings (SSSR count). The molecule has 1 nitrogen and oxygen atoms in total. The molecule has 0 amide bonds. The van der Waals surface area contributed by atoms with Crippen LogP contribution >= 0.6 is 0 Å². The normalized spacial score (nSPS) is 16.7. The second kappa shape index (κ2) is 4.55. The molecule has 0 unspecified atom stereocenters. The quantitative estimate of drug-likeness (QED) is 0.794. The van der Waals surface area contributed by atoms with E-state index in [1.54, 1.807) is 0 Å². The van der Waals surface area contributed by atoms with E-state index in [1.165, 1.54) is 0 Å². The zero-order chi connectivity index (χ0) is 12.5. The first kappa shape index (κ1) is 12.2. The van der Waals surface area contributed by atoms with Gasteiger partial charge in [0.2, 0.25) is 0 Å². The Morgan fingerprint density at radius 2 is 1.94 bits per heavy atom. The standard InChI is InChI=1S/C12H13F4N/c13-10-5-4-9(12(14,15)16)6-11(10)17-7-8-2-1-3-8/h4-6,8,17H,1-3,7H2. The van der Waals surface area contributed by atoms with Gasteiger partial charge in [0.25, 0.3) is 0 Å². The van der Waals surface area contributed by atoms with Gasteiger partial charge in [0, 0.05) is 6.54 Å². The van der Waals surface area contributed by atoms with Crippen molar-refractivity contribution in [1.29, 1.82) is 0 Å². The Bertz CT molecular complexity index is 396. The molecule has 0 aliphatic heterocycles. The molecule has 5 heteroatoms. The highest BCUT2D eigenvalue weighted by molar-refractivity contribution is 5.48. The van der Waals surface area contributed by atoms with E-state index in [2.05, 4.69) is 5.32 Å². The largest absolute Gasteiger partial charge is 0.416 e. The van der Waals surface area contributed by atoms with Crippen LogP contribution in [0.25, 0.3) is 0 Å². The molecule has 1 N–H and O–H groups in total. The van der Waals surface area contributed by atoms with Gasteiger partial charge < -0.3 is 5.32 Å². The predicted octanol–water partition coefficient (Wildman–Crippen LogP) is 4.06. The van der Waals surface area contributed by atoms with Crippen LogP contribution in [-0.4, -0.2) is 6.54 Å². The average molecular weight is 247 g/mol. The molecule has 0 saturated heterocycles. The van der Waals surface area contributed by atoms with Gasteiger partial charge >= 0.3 is 6.18 Å². The molecular weight excluding hydrogens is 234 g/mol. The molecule has 0 radical (unpaired) electrons. The van der Waals surface area contributed by atoms with Gasteiger partial charge in [-0.05, 0) is 37.0 Å². The van der Waals surface area contributed by atoms with Gasteiger partial charge in [-0.15, -0.1) is 0 Å². The Morgan fingerprint density at radius 3 is 2.47 bits per heavy atom. The highest BCUT2D eigenvalue weighted by Crippen LogP contribution is 2.32. The molecule has 94 valence electrons. The summed E-state index contributed by atoms with van der Waals surface area (Å²) in [4.78, 5) is 0. The first-order valence-corrected chi connectivity index (χ1v) is 5.57. The molecule has 0 aromatic heterocycles. The van der Waals surface area contributed by atoms with Crippen molar-refractivity contribution in [3.05, 3.63) is 29.6 Å². The lowest BCUT2D eigenvalue weighted by Crippen LogP contribution is -2.21. The fraction of sp³-hybridized carbons (Fsp3) is 0.500. The summed E-state index contributed by atoms with van der Waals surface area (Å²) >= 11 is 0. The molecule has 1 aliphatic rings. The fourth-order valence-corrected chi connectivity index (χ4v) is 1.79. The van der Waals surface area contributed by atoms with E-state index >= 15 is 0 Å². The number of anilines is 1. The maximum absolute atomic E-state index is 13.3. The molecule has 17 heavy (non-hydrogen) atoms. The molecular formula is C12H13F4N. The van der Waals surface area contributed by atoms with Crippen LogP contribution in [0.2, 0.25) is 0 Å². The van der Waals surface area contributed by atoms with E-state index in [0.717, 1.165) is 37.5 Å². The first-order chi connectivity index (χ1) is 7.97. The SMILES string of the molecule is Fc1ccc(C(F)(F)F)cc1NCC1CCC1. The average Bonchev–Trinajstić information content (AvgIpc) is 2.16. The maximum atomic E-state index is 13.3. The van der Waals surface area contributed by atoms with Crippen LogP contribution < -0.4 is 5.32 Å². The lowest BCUT2D eigenvalue weighted by atomic mass is 9.85. The van der Waals surface area contributed by atoms with E-state index < -0.39 is 17.6 Å². The van der Waals surface area contributed by atoms with Crippen molar-refractivity contribution in [2.45, 2.75) is 25.4 Å². The van der Waals surface area contributed by atoms with Gasteiger partial charge in [0.15, 0.2) is 0 Å². The fourth-order valence-electron chi connectivity index (χ4n) is 1.79. The molecule has 0 atom stereocenters. The number of benzene rings is 1. The summed E-state index contributed by atoms with van der Waals surface area (Å²) in [7, 11) is 0. The summed E-state index contributed by atoms with van der Waals surface area (Å²) in [6.45, 7) is 0.540. The van der Waals surface area contributed by atoms with Crippen molar-refractivity contribution >= 4 is 5.69 Å². The third kappa shape index (κ3) is 2.90. The molecule has 1 fully saturated rings. The van der Waals surface area contributed by atoms with E-state index in [1.807, 2.05) is 0 Å². The van der Waals surface area contributed by atoms with E-state index in [-0.39, 0.29) is 5.69 Å². The highest BCUT2D eigenvalue weighted by Gasteiger charge is 2.31. The molecule has 1 aliphatic carbocycles. The number of alkyl halides is 3. The minimum Gasteiger partial charge on any atom is -0.382 e. The number of halogens is 4. The first-order valence-electron chi connectivity index (χ1n) is 5.57. The summed E-state index contributed by atoms with van der Waals surface area (Å²) in [5.74, 6) is -0.179. The second-order valence-electron chi connectivity index (χ2n) is 4.37. The number of rotatable bonds is 3. The highest BCUT2D eigenvalue weighted by atomic mass is 19.4. The summed E-state index contributed by atoms with van der Waals surface area (Å²) in [5.41, 5.74) is -0.887. The summed E-state index contributed by atoms with van der Waals surface area (Å²) in [5, 5.41) is 2.75. The Labute approximate surface area is 96.8 Å². The van der Waals surface area contributed by atoms with Crippen molar-refractivity contribution in [2.75, 3.05) is 11.9 Å². The molecule has 1 aromatic rings. The summed E-state index contributed by atoms with van der Waals surface area (Å²) in [6, 6.07) is 2.43. The Balaban J connectivity index is 2.08. The maximum Gasteiger partial charge on any atom is 0.416 e. The molecule has 0 heterocycles. The van der Waals surface area contributed by atoms with Crippen molar-refractivity contribution < 1.29 is 17.6 Å². The summed E-state index contributed by atoms with van der Waals surface area (Å²) < 4.78 is 50.6. The molecule has 0 bridgehead atoms. The van der Waals surface area contributed by atoms with Gasteiger partial charge in [0.05, 0.1) is 11.3 Å². The van der Waals surface area contributed by atoms with Gasteiger partial charge in [-0.1, -0.05) is 6.42 Å². The van der Waals surface area contributed by atoms with Crippen LogP contribution in [0.5, 0.6) is 0 Å². The van der Waals surface area contributed by atoms with E-state index in [0.29, 0.717) is 12.5 Å². The second-order valence-corrected chi connectivity index (χ2v) is 4.37. The van der Waals surface area contributed by atoms with Crippen LogP contribution in [0.15, 0.2) is 18.2 Å². The van der Waals surface area contributed by atoms with Crippen LogP contribution in [-0.2, 0) is 6.18 Å². The van der Waals surface area contributed by atoms with Crippen molar-refractivity contribution in [1.82, 2.24) is 0 Å². The minimum atomic E-state index is -4.43.